The van der Waals surface area contributed by atoms with Crippen LogP contribution in [0.1, 0.15) is 43.4 Å². The van der Waals surface area contributed by atoms with E-state index in [1.54, 1.807) is 24.4 Å². The van der Waals surface area contributed by atoms with Gasteiger partial charge in [0.05, 0.1) is 17.4 Å². The van der Waals surface area contributed by atoms with Crippen LogP contribution in [0, 0.1) is 0 Å². The lowest BCUT2D eigenvalue weighted by Crippen LogP contribution is -2.30. The molecule has 0 unspecified atom stereocenters. The van der Waals surface area contributed by atoms with Crippen LogP contribution in [0.5, 0.6) is 5.75 Å². The number of hydrogen-bond acceptors (Lipinski definition) is 3. The van der Waals surface area contributed by atoms with Gasteiger partial charge >= 0.3 is 0 Å². The lowest BCUT2D eigenvalue weighted by Gasteiger charge is -2.30. The normalized spacial score (nSPS) is 19.3. The van der Waals surface area contributed by atoms with Crippen molar-refractivity contribution < 1.29 is 5.11 Å². The van der Waals surface area contributed by atoms with Gasteiger partial charge < -0.3 is 19.9 Å². The van der Waals surface area contributed by atoms with Crippen molar-refractivity contribution in [2.45, 2.75) is 32.0 Å². The first-order valence-electron chi connectivity index (χ1n) is 9.13. The van der Waals surface area contributed by atoms with Gasteiger partial charge in [-0.1, -0.05) is 17.7 Å². The molecular weight excluding hydrogens is 392 g/mol. The Labute approximate surface area is 174 Å². The summed E-state index contributed by atoms with van der Waals surface area (Å²) in [5.74, 6) is 0.128. The monoisotopic (exact) mass is 412 g/mol. The molecule has 1 aliphatic heterocycles. The fraction of sp³-hybridized carbons (Fsp3) is 0.238. The summed E-state index contributed by atoms with van der Waals surface area (Å²) in [4.78, 5) is 6.49. The fourth-order valence-electron chi connectivity index (χ4n) is 3.73. The highest BCUT2D eigenvalue weighted by Crippen LogP contribution is 2.45. The lowest BCUT2D eigenvalue weighted by molar-refractivity contribution is 0.467. The minimum Gasteiger partial charge on any atom is -0.506 e. The van der Waals surface area contributed by atoms with E-state index in [0.29, 0.717) is 15.8 Å². The maximum Gasteiger partial charge on any atom is 0.174 e. The number of aromatic hydroxyl groups is 1. The number of pyridine rings is 1. The summed E-state index contributed by atoms with van der Waals surface area (Å²) in [6.45, 7) is 4.28. The predicted molar refractivity (Wildman–Crippen MR) is 116 cm³/mol. The van der Waals surface area contributed by atoms with Crippen LogP contribution in [0.4, 0.5) is 5.69 Å². The molecule has 3 aromatic rings. The summed E-state index contributed by atoms with van der Waals surface area (Å²) in [6, 6.07) is 14.9. The van der Waals surface area contributed by atoms with Crippen LogP contribution in [-0.4, -0.2) is 19.8 Å². The summed E-state index contributed by atoms with van der Waals surface area (Å²) in [5.41, 5.74) is 2.54. The number of rotatable bonds is 4. The van der Waals surface area contributed by atoms with E-state index in [4.69, 9.17) is 23.8 Å². The molecule has 28 heavy (non-hydrogen) atoms. The van der Waals surface area contributed by atoms with Crippen molar-refractivity contribution in [3.05, 3.63) is 77.3 Å². The molecule has 5 nitrogen and oxygen atoms in total. The Morgan fingerprint density at radius 3 is 2.71 bits per heavy atom. The third kappa shape index (κ3) is 3.23. The Morgan fingerprint density at radius 1 is 1.18 bits per heavy atom. The molecule has 0 radical (unpaired) electrons. The van der Waals surface area contributed by atoms with Crippen molar-refractivity contribution in [2.24, 2.45) is 0 Å². The average Bonchev–Trinajstić information content (AvgIpc) is 3.29. The Balaban J connectivity index is 1.90. The molecule has 1 fully saturated rings. The number of halogens is 1. The van der Waals surface area contributed by atoms with Crippen molar-refractivity contribution in [3.63, 3.8) is 0 Å². The third-order valence-electron chi connectivity index (χ3n) is 4.97. The maximum absolute atomic E-state index is 10.6. The molecule has 0 amide bonds. The molecule has 1 saturated heterocycles. The van der Waals surface area contributed by atoms with Gasteiger partial charge in [-0.05, 0) is 68.5 Å². The number of aromatic nitrogens is 2. The zero-order valence-electron chi connectivity index (χ0n) is 15.6. The number of thiocarbonyl (C=S) groups is 1. The Hall–Kier alpha value is -2.57. The lowest BCUT2D eigenvalue weighted by atomic mass is 10.0. The van der Waals surface area contributed by atoms with Crippen LogP contribution in [0.25, 0.3) is 0 Å². The van der Waals surface area contributed by atoms with Crippen LogP contribution in [-0.2, 0) is 0 Å². The Kier molecular flexibility index (Phi) is 5.00. The van der Waals surface area contributed by atoms with Gasteiger partial charge in [-0.25, -0.2) is 0 Å². The summed E-state index contributed by atoms with van der Waals surface area (Å²) in [7, 11) is 0. The molecule has 4 rings (SSSR count). The van der Waals surface area contributed by atoms with E-state index in [-0.39, 0.29) is 23.9 Å². The van der Waals surface area contributed by atoms with Gasteiger partial charge in [0.1, 0.15) is 11.8 Å². The first-order chi connectivity index (χ1) is 13.5. The molecule has 2 atom stereocenters. The highest BCUT2D eigenvalue weighted by atomic mass is 35.5. The van der Waals surface area contributed by atoms with Crippen molar-refractivity contribution in [1.82, 2.24) is 14.9 Å². The minimum absolute atomic E-state index is 0.128. The summed E-state index contributed by atoms with van der Waals surface area (Å²) < 4.78 is 2.21. The minimum atomic E-state index is -0.191. The van der Waals surface area contributed by atoms with Crippen LogP contribution in [0.15, 0.2) is 60.9 Å². The first kappa shape index (κ1) is 18.8. The van der Waals surface area contributed by atoms with E-state index in [1.165, 1.54) is 0 Å². The van der Waals surface area contributed by atoms with E-state index in [0.717, 1.165) is 11.4 Å². The number of nitrogens with zero attached hydrogens (tertiary/aromatic N) is 3. The molecule has 1 aromatic carbocycles. The molecule has 1 aliphatic rings. The maximum atomic E-state index is 10.6. The molecule has 0 bridgehead atoms. The van der Waals surface area contributed by atoms with Crippen molar-refractivity contribution in [1.29, 1.82) is 0 Å². The smallest absolute Gasteiger partial charge is 0.174 e. The number of hydrogen-bond donors (Lipinski definition) is 2. The molecule has 0 spiro atoms. The number of phenols is 1. The summed E-state index contributed by atoms with van der Waals surface area (Å²) >= 11 is 11.9. The molecule has 2 aromatic heterocycles. The van der Waals surface area contributed by atoms with Gasteiger partial charge in [0.25, 0.3) is 0 Å². The van der Waals surface area contributed by atoms with Crippen molar-refractivity contribution in [3.8, 4) is 5.75 Å². The predicted octanol–water partition coefficient (Wildman–Crippen LogP) is 5.00. The largest absolute Gasteiger partial charge is 0.506 e. The Morgan fingerprint density at radius 2 is 2.00 bits per heavy atom. The van der Waals surface area contributed by atoms with Gasteiger partial charge in [-0.15, -0.1) is 0 Å². The average molecular weight is 413 g/mol. The fourth-order valence-corrected chi connectivity index (χ4v) is 4.24. The van der Waals surface area contributed by atoms with Gasteiger partial charge in [-0.2, -0.15) is 0 Å². The molecule has 0 saturated carbocycles. The van der Waals surface area contributed by atoms with E-state index in [9.17, 15) is 5.11 Å². The molecule has 2 N–H and O–H groups in total. The van der Waals surface area contributed by atoms with Crippen molar-refractivity contribution >= 4 is 34.6 Å². The third-order valence-corrected chi connectivity index (χ3v) is 5.52. The summed E-state index contributed by atoms with van der Waals surface area (Å²) in [6.07, 6.45) is 3.84. The zero-order valence-corrected chi connectivity index (χ0v) is 17.2. The molecule has 144 valence electrons. The highest BCUT2D eigenvalue weighted by molar-refractivity contribution is 7.80. The second-order valence-corrected chi connectivity index (χ2v) is 7.89. The van der Waals surface area contributed by atoms with E-state index >= 15 is 0 Å². The zero-order chi connectivity index (χ0) is 19.8. The molecule has 7 heteroatoms. The topological polar surface area (TPSA) is 53.3 Å². The summed E-state index contributed by atoms with van der Waals surface area (Å²) in [5, 5.41) is 15.0. The van der Waals surface area contributed by atoms with Gasteiger partial charge in [0, 0.05) is 29.2 Å². The highest BCUT2D eigenvalue weighted by Gasteiger charge is 2.43. The SMILES string of the molecule is CC(C)n1cccc1[C@H]1[C@@H](c2ccccn2)NC(=S)N1c1cc(Cl)ccc1O. The molecule has 0 aliphatic carbocycles. The number of nitrogens with one attached hydrogen (secondary N) is 1. The van der Waals surface area contributed by atoms with E-state index in [1.807, 2.05) is 29.2 Å². The van der Waals surface area contributed by atoms with Crippen LogP contribution >= 0.6 is 23.8 Å². The Bertz CT molecular complexity index is 1000. The number of benzene rings is 1. The quantitative estimate of drug-likeness (QED) is 0.590. The second kappa shape index (κ2) is 7.45. The van der Waals surface area contributed by atoms with E-state index in [2.05, 4.69) is 41.0 Å². The van der Waals surface area contributed by atoms with Gasteiger partial charge in [0.2, 0.25) is 0 Å². The molecular formula is C21H21ClN4OS. The van der Waals surface area contributed by atoms with Crippen LogP contribution < -0.4 is 10.2 Å². The van der Waals surface area contributed by atoms with E-state index < -0.39 is 0 Å². The van der Waals surface area contributed by atoms with Gasteiger partial charge in [0.15, 0.2) is 5.11 Å². The van der Waals surface area contributed by atoms with Gasteiger partial charge in [-0.3, -0.25) is 4.98 Å². The second-order valence-electron chi connectivity index (χ2n) is 7.06. The van der Waals surface area contributed by atoms with Crippen LogP contribution in [0.2, 0.25) is 5.02 Å². The first-order valence-corrected chi connectivity index (χ1v) is 9.92. The molecule has 3 heterocycles. The van der Waals surface area contributed by atoms with Crippen LogP contribution in [0.3, 0.4) is 0 Å². The van der Waals surface area contributed by atoms with Crippen molar-refractivity contribution in [2.75, 3.05) is 4.90 Å². The number of anilines is 1. The standard InChI is InChI=1S/C21H21ClN4OS/c1-13(2)25-11-5-7-16(25)20-19(15-6-3-4-10-23-15)24-21(28)26(20)17-12-14(22)8-9-18(17)27/h3-13,19-20,27H,1-2H3,(H,24,28)/t19-,20+/m1/s1. The number of phenolic OH excluding ortho intramolecular Hbond substituents is 1.